The molecule has 0 bridgehead atoms. The number of carbonyl (C=O) groups excluding carboxylic acids is 1. The molecule has 0 aromatic carbocycles. The van der Waals surface area contributed by atoms with Gasteiger partial charge in [-0.15, -0.1) is 11.3 Å². The molecular formula is C17H23NO6S. The molecular weight excluding hydrogens is 346 g/mol. The average molecular weight is 369 g/mol. The van der Waals surface area contributed by atoms with E-state index in [4.69, 9.17) is 23.7 Å². The van der Waals surface area contributed by atoms with E-state index in [1.807, 2.05) is 45.2 Å². The van der Waals surface area contributed by atoms with E-state index in [9.17, 15) is 4.79 Å². The number of amides is 1. The second-order valence-corrected chi connectivity index (χ2v) is 8.42. The molecule has 0 spiro atoms. The van der Waals surface area contributed by atoms with Crippen molar-refractivity contribution in [1.29, 1.82) is 0 Å². The first-order valence-corrected chi connectivity index (χ1v) is 9.29. The first kappa shape index (κ1) is 17.4. The molecule has 25 heavy (non-hydrogen) atoms. The van der Waals surface area contributed by atoms with Crippen LogP contribution in [-0.4, -0.2) is 48.2 Å². The molecule has 4 heterocycles. The van der Waals surface area contributed by atoms with E-state index in [0.29, 0.717) is 6.54 Å². The van der Waals surface area contributed by atoms with E-state index in [-0.39, 0.29) is 5.91 Å². The van der Waals surface area contributed by atoms with Gasteiger partial charge < -0.3 is 29.0 Å². The fourth-order valence-electron chi connectivity index (χ4n) is 3.51. The van der Waals surface area contributed by atoms with Gasteiger partial charge in [0.05, 0.1) is 6.54 Å². The van der Waals surface area contributed by atoms with Gasteiger partial charge in [0.15, 0.2) is 24.0 Å². The molecule has 3 fully saturated rings. The second kappa shape index (κ2) is 6.00. The third-order valence-electron chi connectivity index (χ3n) is 4.43. The Balaban J connectivity index is 1.52. The zero-order valence-corrected chi connectivity index (χ0v) is 15.5. The molecule has 5 atom stereocenters. The molecule has 0 unspecified atom stereocenters. The molecule has 4 rings (SSSR count). The fraction of sp³-hybridized carbons (Fsp3) is 0.706. The third-order valence-corrected chi connectivity index (χ3v) is 5.31. The summed E-state index contributed by atoms with van der Waals surface area (Å²) in [5.41, 5.74) is 0. The van der Waals surface area contributed by atoms with Crippen LogP contribution >= 0.6 is 11.3 Å². The number of hydrogen-bond acceptors (Lipinski definition) is 7. The first-order valence-electron chi connectivity index (χ1n) is 8.41. The molecule has 1 aromatic heterocycles. The van der Waals surface area contributed by atoms with Crippen LogP contribution in [0.4, 0.5) is 0 Å². The standard InChI is InChI=1S/C17H23NO6S/c1-16(2)21-10-11(22-16)13-15(24-17(3,4)23-13)20-12(10)14(19)18-8-9-6-5-7-25-9/h5-7,10-13,15H,8H2,1-4H3,(H,18,19)/t10-,11+,12+,13+,15+/m1/s1. The van der Waals surface area contributed by atoms with Crippen LogP contribution in [-0.2, 0) is 35.0 Å². The zero-order valence-electron chi connectivity index (χ0n) is 14.7. The molecule has 0 saturated carbocycles. The maximum Gasteiger partial charge on any atom is 0.252 e. The molecule has 1 amide bonds. The minimum Gasteiger partial charge on any atom is -0.349 e. The number of rotatable bonds is 3. The Labute approximate surface area is 150 Å². The summed E-state index contributed by atoms with van der Waals surface area (Å²) in [5, 5.41) is 4.88. The van der Waals surface area contributed by atoms with E-state index in [1.165, 1.54) is 0 Å². The SMILES string of the molecule is CC1(C)O[C@@H]2O[C@H](C(=O)NCc3cccs3)[C@@H]3OC(C)(C)O[C@@H]3[C@@H]2O1. The maximum absolute atomic E-state index is 12.7. The molecule has 1 N–H and O–H groups in total. The Morgan fingerprint density at radius 1 is 1.08 bits per heavy atom. The van der Waals surface area contributed by atoms with Crippen molar-refractivity contribution in [1.82, 2.24) is 5.32 Å². The van der Waals surface area contributed by atoms with Gasteiger partial charge in [0, 0.05) is 4.88 Å². The number of hydrogen-bond donors (Lipinski definition) is 1. The molecule has 7 nitrogen and oxygen atoms in total. The Morgan fingerprint density at radius 2 is 1.76 bits per heavy atom. The number of nitrogens with one attached hydrogen (secondary N) is 1. The predicted molar refractivity (Wildman–Crippen MR) is 88.7 cm³/mol. The summed E-state index contributed by atoms with van der Waals surface area (Å²) >= 11 is 1.59. The first-order chi connectivity index (χ1) is 11.7. The smallest absolute Gasteiger partial charge is 0.252 e. The zero-order chi connectivity index (χ0) is 17.8. The van der Waals surface area contributed by atoms with Crippen LogP contribution in [0.2, 0.25) is 0 Å². The number of fused-ring (bicyclic) bond motifs is 3. The normalized spacial score (nSPS) is 38.2. The van der Waals surface area contributed by atoms with Crippen LogP contribution in [0, 0.1) is 0 Å². The number of carbonyl (C=O) groups is 1. The van der Waals surface area contributed by atoms with Crippen LogP contribution in [0.5, 0.6) is 0 Å². The highest BCUT2D eigenvalue weighted by Gasteiger charge is 2.62. The van der Waals surface area contributed by atoms with Crippen molar-refractivity contribution in [2.24, 2.45) is 0 Å². The van der Waals surface area contributed by atoms with Crippen molar-refractivity contribution in [2.75, 3.05) is 0 Å². The predicted octanol–water partition coefficient (Wildman–Crippen LogP) is 1.76. The van der Waals surface area contributed by atoms with Gasteiger partial charge in [-0.3, -0.25) is 4.79 Å². The van der Waals surface area contributed by atoms with Crippen LogP contribution in [0.25, 0.3) is 0 Å². The highest BCUT2D eigenvalue weighted by Crippen LogP contribution is 2.44. The molecule has 0 radical (unpaired) electrons. The van der Waals surface area contributed by atoms with Crippen molar-refractivity contribution in [3.8, 4) is 0 Å². The summed E-state index contributed by atoms with van der Waals surface area (Å²) < 4.78 is 29.6. The molecule has 3 aliphatic heterocycles. The lowest BCUT2D eigenvalue weighted by Crippen LogP contribution is -2.59. The van der Waals surface area contributed by atoms with Crippen LogP contribution in [0.1, 0.15) is 32.6 Å². The van der Waals surface area contributed by atoms with E-state index in [2.05, 4.69) is 5.32 Å². The van der Waals surface area contributed by atoms with Crippen molar-refractivity contribution < 1.29 is 28.5 Å². The van der Waals surface area contributed by atoms with Crippen molar-refractivity contribution in [3.63, 3.8) is 0 Å². The van der Waals surface area contributed by atoms with E-state index in [1.54, 1.807) is 11.3 Å². The Bertz CT molecular complexity index is 646. The quantitative estimate of drug-likeness (QED) is 0.875. The summed E-state index contributed by atoms with van der Waals surface area (Å²) in [6.45, 7) is 7.73. The van der Waals surface area contributed by atoms with E-state index < -0.39 is 42.3 Å². The van der Waals surface area contributed by atoms with E-state index >= 15 is 0 Å². The van der Waals surface area contributed by atoms with Gasteiger partial charge in [-0.1, -0.05) is 6.07 Å². The fourth-order valence-corrected chi connectivity index (χ4v) is 4.16. The minimum atomic E-state index is -0.814. The molecule has 3 saturated heterocycles. The molecule has 1 aromatic rings. The van der Waals surface area contributed by atoms with Crippen LogP contribution in [0.3, 0.4) is 0 Å². The number of thiophene rings is 1. The van der Waals surface area contributed by atoms with Gasteiger partial charge >= 0.3 is 0 Å². The monoisotopic (exact) mass is 369 g/mol. The highest BCUT2D eigenvalue weighted by atomic mass is 32.1. The van der Waals surface area contributed by atoms with Crippen LogP contribution in [0.15, 0.2) is 17.5 Å². The van der Waals surface area contributed by atoms with Crippen molar-refractivity contribution in [2.45, 2.75) is 76.5 Å². The summed E-state index contributed by atoms with van der Waals surface area (Å²) in [6.07, 6.45) is -2.87. The molecule has 3 aliphatic rings. The topological polar surface area (TPSA) is 75.3 Å². The van der Waals surface area contributed by atoms with Gasteiger partial charge in [0.25, 0.3) is 5.91 Å². The summed E-state index contributed by atoms with van der Waals surface area (Å²) in [6, 6.07) is 3.92. The third kappa shape index (κ3) is 3.34. The minimum absolute atomic E-state index is 0.239. The lowest BCUT2D eigenvalue weighted by molar-refractivity contribution is -0.231. The second-order valence-electron chi connectivity index (χ2n) is 7.39. The van der Waals surface area contributed by atoms with E-state index in [0.717, 1.165) is 4.88 Å². The van der Waals surface area contributed by atoms with Gasteiger partial charge in [-0.05, 0) is 39.1 Å². The van der Waals surface area contributed by atoms with Crippen LogP contribution < -0.4 is 5.32 Å². The lowest BCUT2D eigenvalue weighted by Gasteiger charge is -2.36. The molecule has 138 valence electrons. The lowest BCUT2D eigenvalue weighted by atomic mass is 9.98. The van der Waals surface area contributed by atoms with Gasteiger partial charge in [-0.25, -0.2) is 0 Å². The van der Waals surface area contributed by atoms with Gasteiger partial charge in [-0.2, -0.15) is 0 Å². The molecule has 0 aliphatic carbocycles. The highest BCUT2D eigenvalue weighted by molar-refractivity contribution is 7.09. The number of ether oxygens (including phenoxy) is 5. The summed E-state index contributed by atoms with van der Waals surface area (Å²) in [4.78, 5) is 13.8. The van der Waals surface area contributed by atoms with Crippen molar-refractivity contribution in [3.05, 3.63) is 22.4 Å². The summed E-state index contributed by atoms with van der Waals surface area (Å²) in [5.74, 6) is -1.84. The average Bonchev–Trinajstić information content (AvgIpc) is 3.19. The maximum atomic E-state index is 12.7. The van der Waals surface area contributed by atoms with Gasteiger partial charge in [0.2, 0.25) is 0 Å². The largest absolute Gasteiger partial charge is 0.349 e. The Hall–Kier alpha value is -1.03. The summed E-state index contributed by atoms with van der Waals surface area (Å²) in [7, 11) is 0. The molecule has 8 heteroatoms. The Morgan fingerprint density at radius 3 is 2.48 bits per heavy atom. The Kier molecular flexibility index (Phi) is 4.18. The van der Waals surface area contributed by atoms with Crippen molar-refractivity contribution >= 4 is 17.2 Å². The van der Waals surface area contributed by atoms with Gasteiger partial charge in [0.1, 0.15) is 18.3 Å².